The Morgan fingerprint density at radius 2 is 1.45 bits per heavy atom. The summed E-state index contributed by atoms with van der Waals surface area (Å²) < 4.78 is 13.2. The van der Waals surface area contributed by atoms with Crippen LogP contribution in [0, 0.1) is 17.1 Å². The number of pyridine rings is 1. The van der Waals surface area contributed by atoms with Gasteiger partial charge in [-0.1, -0.05) is 72.8 Å². The molecule has 0 amide bonds. The Morgan fingerprint density at radius 3 is 2.07 bits per heavy atom. The fourth-order valence-corrected chi connectivity index (χ4v) is 4.03. The highest BCUT2D eigenvalue weighted by Crippen LogP contribution is 2.35. The zero-order valence-corrected chi connectivity index (χ0v) is 16.4. The van der Waals surface area contributed by atoms with E-state index in [0.717, 1.165) is 27.9 Å². The molecule has 0 unspecified atom stereocenters. The first kappa shape index (κ1) is 18.9. The summed E-state index contributed by atoms with van der Waals surface area (Å²) >= 11 is 1.49. The number of hydrogen-bond acceptors (Lipinski definition) is 3. The third-order valence-corrected chi connectivity index (χ3v) is 5.59. The molecule has 0 radical (unpaired) electrons. The molecule has 0 aliphatic heterocycles. The topological polar surface area (TPSA) is 36.7 Å². The minimum absolute atomic E-state index is 0.257. The summed E-state index contributed by atoms with van der Waals surface area (Å²) in [5.41, 5.74) is 5.20. The van der Waals surface area contributed by atoms with E-state index in [1.54, 1.807) is 12.1 Å². The highest BCUT2D eigenvalue weighted by atomic mass is 32.2. The molecule has 0 atom stereocenters. The molecule has 0 N–H and O–H groups in total. The normalized spacial score (nSPS) is 10.5. The average Bonchev–Trinajstić information content (AvgIpc) is 2.79. The van der Waals surface area contributed by atoms with E-state index in [1.165, 1.54) is 23.9 Å². The molecule has 0 fully saturated rings. The second-order valence-corrected chi connectivity index (χ2v) is 7.46. The predicted octanol–water partition coefficient (Wildman–Crippen LogP) is 6.72. The molecule has 0 bridgehead atoms. The largest absolute Gasteiger partial charge is 0.240 e. The van der Waals surface area contributed by atoms with E-state index in [-0.39, 0.29) is 5.82 Å². The molecule has 4 rings (SSSR count). The fraction of sp³-hybridized carbons (Fsp3) is 0.0400. The van der Waals surface area contributed by atoms with Gasteiger partial charge >= 0.3 is 0 Å². The summed E-state index contributed by atoms with van der Waals surface area (Å²) in [5, 5.41) is 10.6. The van der Waals surface area contributed by atoms with E-state index in [2.05, 4.69) is 6.07 Å². The Morgan fingerprint density at radius 1 is 0.828 bits per heavy atom. The number of hydrogen-bond donors (Lipinski definition) is 0. The Balaban J connectivity index is 1.80. The van der Waals surface area contributed by atoms with Crippen molar-refractivity contribution in [3.8, 4) is 28.5 Å². The van der Waals surface area contributed by atoms with E-state index < -0.39 is 0 Å². The number of aromatic nitrogens is 1. The van der Waals surface area contributed by atoms with Crippen molar-refractivity contribution in [2.75, 3.05) is 0 Å². The van der Waals surface area contributed by atoms with Crippen molar-refractivity contribution >= 4 is 11.8 Å². The molecular formula is C25H17FN2S. The van der Waals surface area contributed by atoms with E-state index in [1.807, 2.05) is 66.7 Å². The van der Waals surface area contributed by atoms with E-state index >= 15 is 0 Å². The number of thioether (sulfide) groups is 1. The predicted molar refractivity (Wildman–Crippen MR) is 116 cm³/mol. The summed E-state index contributed by atoms with van der Waals surface area (Å²) in [5.74, 6) is 0.348. The van der Waals surface area contributed by atoms with Crippen LogP contribution in [0.2, 0.25) is 0 Å². The second-order valence-electron chi connectivity index (χ2n) is 6.49. The Kier molecular flexibility index (Phi) is 5.69. The van der Waals surface area contributed by atoms with Gasteiger partial charge in [-0.15, -0.1) is 11.8 Å². The van der Waals surface area contributed by atoms with Crippen LogP contribution in [0.5, 0.6) is 0 Å². The summed E-state index contributed by atoms with van der Waals surface area (Å²) in [6, 6.07) is 30.6. The van der Waals surface area contributed by atoms with Crippen molar-refractivity contribution in [3.05, 3.63) is 108 Å². The third kappa shape index (κ3) is 4.37. The number of nitriles is 1. The standard InChI is InChI=1S/C25H17FN2S/c26-21-13-11-18(12-14-21)17-29-25-23(16-27)22(19-7-3-1-4-8-19)15-24(28-25)20-9-5-2-6-10-20/h1-15H,17H2. The van der Waals surface area contributed by atoms with Gasteiger partial charge in [0.25, 0.3) is 0 Å². The maximum Gasteiger partial charge on any atom is 0.123 e. The number of rotatable bonds is 5. The van der Waals surface area contributed by atoms with Gasteiger partial charge in [0.05, 0.1) is 11.3 Å². The van der Waals surface area contributed by atoms with Gasteiger partial charge in [0, 0.05) is 16.9 Å². The first-order valence-electron chi connectivity index (χ1n) is 9.18. The molecular weight excluding hydrogens is 379 g/mol. The van der Waals surface area contributed by atoms with E-state index in [4.69, 9.17) is 4.98 Å². The third-order valence-electron chi connectivity index (χ3n) is 4.54. The molecule has 4 heteroatoms. The first-order chi connectivity index (χ1) is 14.2. The Hall–Kier alpha value is -3.42. The van der Waals surface area contributed by atoms with Crippen LogP contribution in [0.4, 0.5) is 4.39 Å². The highest BCUT2D eigenvalue weighted by Gasteiger charge is 2.16. The zero-order chi connectivity index (χ0) is 20.1. The minimum Gasteiger partial charge on any atom is -0.240 e. The maximum atomic E-state index is 13.2. The van der Waals surface area contributed by atoms with Crippen molar-refractivity contribution in [2.24, 2.45) is 0 Å². The lowest BCUT2D eigenvalue weighted by molar-refractivity contribution is 0.627. The van der Waals surface area contributed by atoms with Gasteiger partial charge in [-0.25, -0.2) is 9.37 Å². The van der Waals surface area contributed by atoms with Crippen molar-refractivity contribution in [1.82, 2.24) is 4.98 Å². The lowest BCUT2D eigenvalue weighted by Crippen LogP contribution is -1.96. The van der Waals surface area contributed by atoms with Crippen LogP contribution in [0.15, 0.2) is 96.0 Å². The lowest BCUT2D eigenvalue weighted by atomic mass is 9.99. The van der Waals surface area contributed by atoms with Crippen LogP contribution in [0.3, 0.4) is 0 Å². The maximum absolute atomic E-state index is 13.2. The van der Waals surface area contributed by atoms with Crippen LogP contribution in [0.25, 0.3) is 22.4 Å². The van der Waals surface area contributed by atoms with Gasteiger partial charge in [-0.3, -0.25) is 0 Å². The van der Waals surface area contributed by atoms with E-state index in [9.17, 15) is 9.65 Å². The van der Waals surface area contributed by atoms with Crippen LogP contribution in [-0.2, 0) is 5.75 Å². The lowest BCUT2D eigenvalue weighted by Gasteiger charge is -2.12. The van der Waals surface area contributed by atoms with Gasteiger partial charge in [-0.2, -0.15) is 5.26 Å². The first-order valence-corrected chi connectivity index (χ1v) is 10.2. The van der Waals surface area contributed by atoms with Gasteiger partial charge in [-0.05, 0) is 29.3 Å². The molecule has 140 valence electrons. The molecule has 0 saturated heterocycles. The summed E-state index contributed by atoms with van der Waals surface area (Å²) in [7, 11) is 0. The van der Waals surface area contributed by atoms with Gasteiger partial charge in [0.2, 0.25) is 0 Å². The zero-order valence-electron chi connectivity index (χ0n) is 15.5. The Bertz CT molecular complexity index is 1150. The van der Waals surface area contributed by atoms with Crippen LogP contribution >= 0.6 is 11.8 Å². The quantitative estimate of drug-likeness (QED) is 0.351. The van der Waals surface area contributed by atoms with Crippen molar-refractivity contribution in [1.29, 1.82) is 5.26 Å². The smallest absolute Gasteiger partial charge is 0.123 e. The van der Waals surface area contributed by atoms with Crippen LogP contribution in [-0.4, -0.2) is 4.98 Å². The Labute approximate surface area is 173 Å². The molecule has 0 aliphatic rings. The monoisotopic (exact) mass is 396 g/mol. The molecule has 3 aromatic carbocycles. The summed E-state index contributed by atoms with van der Waals surface area (Å²) in [6.07, 6.45) is 0. The van der Waals surface area contributed by atoms with Crippen LogP contribution < -0.4 is 0 Å². The molecule has 2 nitrogen and oxygen atoms in total. The van der Waals surface area contributed by atoms with Gasteiger partial charge in [0.15, 0.2) is 0 Å². The molecule has 0 aliphatic carbocycles. The molecule has 29 heavy (non-hydrogen) atoms. The molecule has 1 heterocycles. The molecule has 0 saturated carbocycles. The fourth-order valence-electron chi connectivity index (χ4n) is 3.07. The minimum atomic E-state index is -0.257. The summed E-state index contributed by atoms with van der Waals surface area (Å²) in [6.45, 7) is 0. The van der Waals surface area contributed by atoms with Crippen molar-refractivity contribution in [3.63, 3.8) is 0 Å². The second kappa shape index (κ2) is 8.72. The molecule has 4 aromatic rings. The van der Waals surface area contributed by atoms with Crippen molar-refractivity contribution < 1.29 is 4.39 Å². The molecule has 1 aromatic heterocycles. The number of nitrogens with zero attached hydrogens (tertiary/aromatic N) is 2. The van der Waals surface area contributed by atoms with Gasteiger partial charge < -0.3 is 0 Å². The number of halogens is 1. The number of benzene rings is 3. The van der Waals surface area contributed by atoms with E-state index in [0.29, 0.717) is 16.3 Å². The van der Waals surface area contributed by atoms with Crippen LogP contribution in [0.1, 0.15) is 11.1 Å². The van der Waals surface area contributed by atoms with Crippen molar-refractivity contribution in [2.45, 2.75) is 10.8 Å². The molecule has 0 spiro atoms. The average molecular weight is 396 g/mol. The highest BCUT2D eigenvalue weighted by molar-refractivity contribution is 7.98. The van der Waals surface area contributed by atoms with Gasteiger partial charge in [0.1, 0.15) is 16.9 Å². The SMILES string of the molecule is N#Cc1c(-c2ccccc2)cc(-c2ccccc2)nc1SCc1ccc(F)cc1. The summed E-state index contributed by atoms with van der Waals surface area (Å²) in [4.78, 5) is 4.80.